The maximum Gasteiger partial charge on any atom is 0.317 e. The van der Waals surface area contributed by atoms with Crippen LogP contribution in [0, 0.1) is 11.8 Å². The first-order valence-electron chi connectivity index (χ1n) is 7.25. The molecule has 0 aromatic heterocycles. The molecule has 0 aromatic rings. The van der Waals surface area contributed by atoms with E-state index >= 15 is 0 Å². The van der Waals surface area contributed by atoms with Crippen molar-refractivity contribution in [2.24, 2.45) is 11.8 Å². The van der Waals surface area contributed by atoms with Crippen LogP contribution in [-0.4, -0.2) is 41.6 Å². The van der Waals surface area contributed by atoms with Gasteiger partial charge in [0.05, 0.1) is 0 Å². The van der Waals surface area contributed by atoms with Crippen molar-refractivity contribution in [2.75, 3.05) is 19.6 Å². The van der Waals surface area contributed by atoms with Gasteiger partial charge in [0.15, 0.2) is 0 Å². The maximum atomic E-state index is 11.9. The lowest BCUT2D eigenvalue weighted by Gasteiger charge is -2.18. The number of urea groups is 1. The molecule has 0 saturated carbocycles. The van der Waals surface area contributed by atoms with Gasteiger partial charge >= 0.3 is 12.0 Å². The molecule has 2 amide bonds. The van der Waals surface area contributed by atoms with E-state index in [1.807, 2.05) is 4.90 Å². The van der Waals surface area contributed by atoms with Crippen molar-refractivity contribution in [3.8, 4) is 0 Å². The van der Waals surface area contributed by atoms with Crippen LogP contribution in [0.3, 0.4) is 0 Å². The summed E-state index contributed by atoms with van der Waals surface area (Å²) in [6.07, 6.45) is 3.70. The third kappa shape index (κ3) is 5.94. The van der Waals surface area contributed by atoms with Gasteiger partial charge in [0.25, 0.3) is 0 Å². The highest BCUT2D eigenvalue weighted by atomic mass is 16.4. The molecule has 19 heavy (non-hydrogen) atoms. The lowest BCUT2D eigenvalue weighted by Crippen LogP contribution is -2.39. The standard InChI is InChI=1S/C14H26N2O3/c1-11(2)12-7-9-16(10-12)14(19)15-8-5-3-4-6-13(17)18/h11-12H,3-10H2,1-2H3,(H,15,19)(H,17,18). The van der Waals surface area contributed by atoms with Gasteiger partial charge in [0, 0.05) is 26.1 Å². The first-order chi connectivity index (χ1) is 9.00. The fourth-order valence-corrected chi connectivity index (χ4v) is 2.40. The Morgan fingerprint density at radius 3 is 2.63 bits per heavy atom. The SMILES string of the molecule is CC(C)C1CCN(C(=O)NCCCCCC(=O)O)C1. The highest BCUT2D eigenvalue weighted by Gasteiger charge is 2.27. The molecule has 1 atom stereocenters. The molecule has 0 bridgehead atoms. The third-order valence-corrected chi connectivity index (χ3v) is 3.80. The van der Waals surface area contributed by atoms with Gasteiger partial charge in [-0.15, -0.1) is 0 Å². The number of nitrogens with one attached hydrogen (secondary N) is 1. The Bertz CT molecular complexity index is 305. The van der Waals surface area contributed by atoms with Crippen LogP contribution in [0.4, 0.5) is 4.79 Å². The molecule has 1 fully saturated rings. The summed E-state index contributed by atoms with van der Waals surface area (Å²) in [7, 11) is 0. The first kappa shape index (κ1) is 15.8. The van der Waals surface area contributed by atoms with Gasteiger partial charge in [-0.05, 0) is 31.1 Å². The minimum atomic E-state index is -0.749. The monoisotopic (exact) mass is 270 g/mol. The van der Waals surface area contributed by atoms with Crippen LogP contribution >= 0.6 is 0 Å². The molecule has 0 aliphatic carbocycles. The Morgan fingerprint density at radius 1 is 1.32 bits per heavy atom. The van der Waals surface area contributed by atoms with Gasteiger partial charge < -0.3 is 15.3 Å². The second-order valence-electron chi connectivity index (χ2n) is 5.68. The summed E-state index contributed by atoms with van der Waals surface area (Å²) >= 11 is 0. The van der Waals surface area contributed by atoms with Gasteiger partial charge in [-0.25, -0.2) is 4.79 Å². The number of hydrogen-bond donors (Lipinski definition) is 2. The summed E-state index contributed by atoms with van der Waals surface area (Å²) in [6.45, 7) is 6.76. The molecule has 110 valence electrons. The second kappa shape index (κ2) is 8.02. The summed E-state index contributed by atoms with van der Waals surface area (Å²) < 4.78 is 0. The van der Waals surface area contributed by atoms with Crippen molar-refractivity contribution >= 4 is 12.0 Å². The molecule has 1 aliphatic rings. The molecular weight excluding hydrogens is 244 g/mol. The van der Waals surface area contributed by atoms with Crippen molar-refractivity contribution in [1.82, 2.24) is 10.2 Å². The van der Waals surface area contributed by atoms with Gasteiger partial charge in [0.2, 0.25) is 0 Å². The van der Waals surface area contributed by atoms with E-state index in [4.69, 9.17) is 5.11 Å². The number of rotatable bonds is 7. The fourth-order valence-electron chi connectivity index (χ4n) is 2.40. The van der Waals surface area contributed by atoms with Crippen LogP contribution in [0.15, 0.2) is 0 Å². The Labute approximate surface area is 115 Å². The van der Waals surface area contributed by atoms with Crippen LogP contribution in [-0.2, 0) is 4.79 Å². The van der Waals surface area contributed by atoms with E-state index in [2.05, 4.69) is 19.2 Å². The Balaban J connectivity index is 2.07. The van der Waals surface area contributed by atoms with E-state index < -0.39 is 5.97 Å². The lowest BCUT2D eigenvalue weighted by molar-refractivity contribution is -0.137. The van der Waals surface area contributed by atoms with E-state index in [1.165, 1.54) is 0 Å². The zero-order valence-corrected chi connectivity index (χ0v) is 12.0. The van der Waals surface area contributed by atoms with Gasteiger partial charge in [-0.2, -0.15) is 0 Å². The molecule has 1 aliphatic heterocycles. The Kier molecular flexibility index (Phi) is 6.67. The fraction of sp³-hybridized carbons (Fsp3) is 0.857. The predicted octanol–water partition coefficient (Wildman–Crippen LogP) is 2.32. The third-order valence-electron chi connectivity index (χ3n) is 3.80. The van der Waals surface area contributed by atoms with Crippen LogP contribution in [0.1, 0.15) is 46.0 Å². The van der Waals surface area contributed by atoms with E-state index in [-0.39, 0.29) is 12.5 Å². The number of carboxylic acid groups (broad SMARTS) is 1. The number of hydrogen-bond acceptors (Lipinski definition) is 2. The maximum absolute atomic E-state index is 11.9. The van der Waals surface area contributed by atoms with Crippen LogP contribution in [0.25, 0.3) is 0 Å². The Morgan fingerprint density at radius 2 is 2.05 bits per heavy atom. The van der Waals surface area contributed by atoms with Crippen LogP contribution in [0.5, 0.6) is 0 Å². The number of amides is 2. The van der Waals surface area contributed by atoms with Gasteiger partial charge in [-0.1, -0.05) is 20.3 Å². The molecule has 1 unspecified atom stereocenters. The van der Waals surface area contributed by atoms with E-state index in [0.717, 1.165) is 32.4 Å². The van der Waals surface area contributed by atoms with E-state index in [0.29, 0.717) is 24.8 Å². The highest BCUT2D eigenvalue weighted by molar-refractivity contribution is 5.74. The number of aliphatic carboxylic acids is 1. The molecule has 1 heterocycles. The van der Waals surface area contributed by atoms with Crippen molar-refractivity contribution < 1.29 is 14.7 Å². The smallest absolute Gasteiger partial charge is 0.317 e. The summed E-state index contributed by atoms with van der Waals surface area (Å²) in [4.78, 5) is 24.1. The van der Waals surface area contributed by atoms with Crippen molar-refractivity contribution in [3.63, 3.8) is 0 Å². The number of carbonyl (C=O) groups is 2. The Hall–Kier alpha value is -1.26. The van der Waals surface area contributed by atoms with E-state index in [1.54, 1.807) is 0 Å². The summed E-state index contributed by atoms with van der Waals surface area (Å²) in [6, 6.07) is 0.0291. The van der Waals surface area contributed by atoms with Crippen LogP contribution in [0.2, 0.25) is 0 Å². The summed E-state index contributed by atoms with van der Waals surface area (Å²) in [5.74, 6) is 0.510. The summed E-state index contributed by atoms with van der Waals surface area (Å²) in [5.41, 5.74) is 0. The van der Waals surface area contributed by atoms with E-state index in [9.17, 15) is 9.59 Å². The molecule has 0 spiro atoms. The number of likely N-dealkylation sites (tertiary alicyclic amines) is 1. The van der Waals surface area contributed by atoms with Crippen molar-refractivity contribution in [1.29, 1.82) is 0 Å². The molecule has 0 radical (unpaired) electrons. The molecular formula is C14H26N2O3. The topological polar surface area (TPSA) is 69.6 Å². The minimum Gasteiger partial charge on any atom is -0.481 e. The molecule has 0 aromatic carbocycles. The zero-order valence-electron chi connectivity index (χ0n) is 12.0. The molecule has 2 N–H and O–H groups in total. The number of carboxylic acids is 1. The van der Waals surface area contributed by atoms with Crippen molar-refractivity contribution in [3.05, 3.63) is 0 Å². The number of nitrogens with zero attached hydrogens (tertiary/aromatic N) is 1. The van der Waals surface area contributed by atoms with Crippen molar-refractivity contribution in [2.45, 2.75) is 46.0 Å². The van der Waals surface area contributed by atoms with Gasteiger partial charge in [-0.3, -0.25) is 4.79 Å². The second-order valence-corrected chi connectivity index (χ2v) is 5.68. The predicted molar refractivity (Wildman–Crippen MR) is 74.0 cm³/mol. The highest BCUT2D eigenvalue weighted by Crippen LogP contribution is 2.23. The number of carbonyl (C=O) groups excluding carboxylic acids is 1. The largest absolute Gasteiger partial charge is 0.481 e. The normalized spacial score (nSPS) is 18.9. The average molecular weight is 270 g/mol. The first-order valence-corrected chi connectivity index (χ1v) is 7.25. The molecule has 1 saturated heterocycles. The lowest BCUT2D eigenvalue weighted by atomic mass is 9.95. The molecule has 1 rings (SSSR count). The van der Waals surface area contributed by atoms with Crippen LogP contribution < -0.4 is 5.32 Å². The molecule has 5 nitrogen and oxygen atoms in total. The molecule has 5 heteroatoms. The summed E-state index contributed by atoms with van der Waals surface area (Å²) in [5, 5.41) is 11.4. The minimum absolute atomic E-state index is 0.0291. The average Bonchev–Trinajstić information content (AvgIpc) is 2.82. The zero-order chi connectivity index (χ0) is 14.3. The number of unbranched alkanes of at least 4 members (excludes halogenated alkanes) is 2. The van der Waals surface area contributed by atoms with Gasteiger partial charge in [0.1, 0.15) is 0 Å². The quantitative estimate of drug-likeness (QED) is 0.697.